The van der Waals surface area contributed by atoms with Crippen molar-refractivity contribution in [3.8, 4) is 0 Å². The summed E-state index contributed by atoms with van der Waals surface area (Å²) in [4.78, 5) is 12.9. The molecule has 0 fully saturated rings. The van der Waals surface area contributed by atoms with E-state index in [1.807, 2.05) is 56.3 Å². The number of carbonyl (C=O) groups excluding carboxylic acids is 1. The highest BCUT2D eigenvalue weighted by Gasteiger charge is 2.33. The van der Waals surface area contributed by atoms with E-state index in [2.05, 4.69) is 16.7 Å². The van der Waals surface area contributed by atoms with Crippen molar-refractivity contribution in [2.45, 2.75) is 31.8 Å². The molecule has 120 valence electrons. The SMILES string of the molecule is CC(C)(C(=O)NC1CNCc2cccc(Cl)c21)c1ccccc1. The van der Waals surface area contributed by atoms with Crippen molar-refractivity contribution in [2.24, 2.45) is 0 Å². The molecule has 2 aromatic rings. The van der Waals surface area contributed by atoms with Gasteiger partial charge in [-0.25, -0.2) is 0 Å². The maximum atomic E-state index is 12.9. The molecule has 3 nitrogen and oxygen atoms in total. The Labute approximate surface area is 142 Å². The first-order chi connectivity index (χ1) is 11.0. The first kappa shape index (κ1) is 16.0. The first-order valence-corrected chi connectivity index (χ1v) is 8.22. The van der Waals surface area contributed by atoms with E-state index in [4.69, 9.17) is 11.6 Å². The Bertz CT molecular complexity index is 713. The molecule has 23 heavy (non-hydrogen) atoms. The molecule has 0 saturated carbocycles. The van der Waals surface area contributed by atoms with Gasteiger partial charge in [-0.3, -0.25) is 4.79 Å². The molecule has 0 bridgehead atoms. The van der Waals surface area contributed by atoms with Crippen LogP contribution in [0.3, 0.4) is 0 Å². The summed E-state index contributed by atoms with van der Waals surface area (Å²) in [5, 5.41) is 7.22. The second-order valence-electron chi connectivity index (χ2n) is 6.46. The van der Waals surface area contributed by atoms with Gasteiger partial charge in [0.15, 0.2) is 0 Å². The number of amides is 1. The van der Waals surface area contributed by atoms with E-state index in [-0.39, 0.29) is 11.9 Å². The zero-order valence-corrected chi connectivity index (χ0v) is 14.2. The van der Waals surface area contributed by atoms with Crippen LogP contribution in [0.1, 0.15) is 36.6 Å². The molecule has 0 radical (unpaired) electrons. The Morgan fingerprint density at radius 3 is 2.65 bits per heavy atom. The van der Waals surface area contributed by atoms with Gasteiger partial charge in [0.2, 0.25) is 5.91 Å². The molecular weight excluding hydrogens is 308 g/mol. The van der Waals surface area contributed by atoms with Crippen LogP contribution >= 0.6 is 11.6 Å². The molecule has 1 aliphatic rings. The number of benzene rings is 2. The predicted molar refractivity (Wildman–Crippen MR) is 93.5 cm³/mol. The van der Waals surface area contributed by atoms with Gasteiger partial charge in [0.1, 0.15) is 0 Å². The number of hydrogen-bond donors (Lipinski definition) is 2. The van der Waals surface area contributed by atoms with E-state index < -0.39 is 5.41 Å². The molecule has 3 rings (SSSR count). The van der Waals surface area contributed by atoms with Crippen LogP contribution in [0.15, 0.2) is 48.5 Å². The third kappa shape index (κ3) is 3.12. The fraction of sp³-hybridized carbons (Fsp3) is 0.316. The second-order valence-corrected chi connectivity index (χ2v) is 6.87. The van der Waals surface area contributed by atoms with Gasteiger partial charge in [0.05, 0.1) is 11.5 Å². The number of carbonyl (C=O) groups is 1. The zero-order valence-electron chi connectivity index (χ0n) is 13.4. The minimum absolute atomic E-state index is 0.00303. The normalized spacial score (nSPS) is 17.4. The van der Waals surface area contributed by atoms with Crippen LogP contribution in [0, 0.1) is 0 Å². The number of nitrogens with one attached hydrogen (secondary N) is 2. The second kappa shape index (κ2) is 6.34. The maximum Gasteiger partial charge on any atom is 0.230 e. The van der Waals surface area contributed by atoms with Crippen molar-refractivity contribution in [3.05, 3.63) is 70.2 Å². The van der Waals surface area contributed by atoms with Crippen molar-refractivity contribution < 1.29 is 4.79 Å². The summed E-state index contributed by atoms with van der Waals surface area (Å²) in [6.07, 6.45) is 0. The number of rotatable bonds is 3. The van der Waals surface area contributed by atoms with Crippen molar-refractivity contribution in [1.82, 2.24) is 10.6 Å². The summed E-state index contributed by atoms with van der Waals surface area (Å²) in [6.45, 7) is 5.36. The lowest BCUT2D eigenvalue weighted by atomic mass is 9.83. The molecule has 1 unspecified atom stereocenters. The number of fused-ring (bicyclic) bond motifs is 1. The smallest absolute Gasteiger partial charge is 0.230 e. The zero-order chi connectivity index (χ0) is 16.4. The predicted octanol–water partition coefficient (Wildman–Crippen LogP) is 3.58. The quantitative estimate of drug-likeness (QED) is 0.904. The van der Waals surface area contributed by atoms with Crippen LogP contribution in [-0.2, 0) is 16.8 Å². The van der Waals surface area contributed by atoms with Gasteiger partial charge in [-0.15, -0.1) is 0 Å². The van der Waals surface area contributed by atoms with Crippen LogP contribution in [0.5, 0.6) is 0 Å². The van der Waals surface area contributed by atoms with E-state index in [0.717, 1.165) is 23.2 Å². The fourth-order valence-corrected chi connectivity index (χ4v) is 3.35. The fourth-order valence-electron chi connectivity index (χ4n) is 3.03. The highest BCUT2D eigenvalue weighted by molar-refractivity contribution is 6.31. The number of halogens is 1. The molecule has 2 aromatic carbocycles. The Kier molecular flexibility index (Phi) is 4.42. The minimum Gasteiger partial charge on any atom is -0.347 e. The summed E-state index contributed by atoms with van der Waals surface area (Å²) >= 11 is 6.37. The lowest BCUT2D eigenvalue weighted by Crippen LogP contribution is -2.46. The minimum atomic E-state index is -0.597. The molecule has 1 heterocycles. The monoisotopic (exact) mass is 328 g/mol. The van der Waals surface area contributed by atoms with Crippen LogP contribution in [-0.4, -0.2) is 12.5 Å². The first-order valence-electron chi connectivity index (χ1n) is 7.84. The largest absolute Gasteiger partial charge is 0.347 e. The van der Waals surface area contributed by atoms with Crippen molar-refractivity contribution in [2.75, 3.05) is 6.54 Å². The standard InChI is InChI=1S/C19H21ClN2O/c1-19(2,14-8-4-3-5-9-14)18(23)22-16-12-21-11-13-7-6-10-15(20)17(13)16/h3-10,16,21H,11-12H2,1-2H3,(H,22,23). The highest BCUT2D eigenvalue weighted by Crippen LogP contribution is 2.31. The molecule has 0 saturated heterocycles. The van der Waals surface area contributed by atoms with Gasteiger partial charge in [0.25, 0.3) is 0 Å². The van der Waals surface area contributed by atoms with Crippen LogP contribution < -0.4 is 10.6 Å². The summed E-state index contributed by atoms with van der Waals surface area (Å²) in [5.41, 5.74) is 2.58. The molecule has 2 N–H and O–H groups in total. The lowest BCUT2D eigenvalue weighted by molar-refractivity contribution is -0.126. The third-order valence-corrected chi connectivity index (χ3v) is 4.85. The Morgan fingerprint density at radius 1 is 1.17 bits per heavy atom. The van der Waals surface area contributed by atoms with Crippen molar-refractivity contribution in [3.63, 3.8) is 0 Å². The van der Waals surface area contributed by atoms with Gasteiger partial charge < -0.3 is 10.6 Å². The molecule has 4 heteroatoms. The molecule has 1 amide bonds. The summed E-state index contributed by atoms with van der Waals surface area (Å²) in [5.74, 6) is 0.00303. The van der Waals surface area contributed by atoms with Crippen LogP contribution in [0.25, 0.3) is 0 Å². The molecule has 1 aliphatic heterocycles. The van der Waals surface area contributed by atoms with Gasteiger partial charge in [0, 0.05) is 18.1 Å². The van der Waals surface area contributed by atoms with Crippen molar-refractivity contribution >= 4 is 17.5 Å². The van der Waals surface area contributed by atoms with Crippen molar-refractivity contribution in [1.29, 1.82) is 0 Å². The van der Waals surface area contributed by atoms with E-state index in [0.29, 0.717) is 11.6 Å². The van der Waals surface area contributed by atoms with E-state index in [1.165, 1.54) is 0 Å². The Balaban J connectivity index is 1.85. The van der Waals surface area contributed by atoms with Gasteiger partial charge >= 0.3 is 0 Å². The van der Waals surface area contributed by atoms with Crippen LogP contribution in [0.2, 0.25) is 5.02 Å². The average molecular weight is 329 g/mol. The molecule has 1 atom stereocenters. The molecule has 0 aliphatic carbocycles. The van der Waals surface area contributed by atoms with E-state index >= 15 is 0 Å². The van der Waals surface area contributed by atoms with Gasteiger partial charge in [-0.1, -0.05) is 54.1 Å². The van der Waals surface area contributed by atoms with Gasteiger partial charge in [-0.2, -0.15) is 0 Å². The molecular formula is C19H21ClN2O. The maximum absolute atomic E-state index is 12.9. The third-order valence-electron chi connectivity index (χ3n) is 4.52. The molecule has 0 aromatic heterocycles. The summed E-state index contributed by atoms with van der Waals surface area (Å²) < 4.78 is 0. The molecule has 0 spiro atoms. The Hall–Kier alpha value is -1.84. The Morgan fingerprint density at radius 2 is 1.91 bits per heavy atom. The topological polar surface area (TPSA) is 41.1 Å². The summed E-state index contributed by atoms with van der Waals surface area (Å²) in [7, 11) is 0. The van der Waals surface area contributed by atoms with Gasteiger partial charge in [-0.05, 0) is 36.6 Å². The van der Waals surface area contributed by atoms with Crippen LogP contribution in [0.4, 0.5) is 0 Å². The van der Waals surface area contributed by atoms with E-state index in [9.17, 15) is 4.79 Å². The summed E-state index contributed by atoms with van der Waals surface area (Å²) in [6, 6.07) is 15.6. The average Bonchev–Trinajstić information content (AvgIpc) is 2.56. The highest BCUT2D eigenvalue weighted by atomic mass is 35.5. The van der Waals surface area contributed by atoms with E-state index in [1.54, 1.807) is 0 Å². The number of hydrogen-bond acceptors (Lipinski definition) is 2. The lowest BCUT2D eigenvalue weighted by Gasteiger charge is -2.32.